The average Bonchev–Trinajstić information content (AvgIpc) is 3.07. The smallest absolute Gasteiger partial charge is 0.225 e. The van der Waals surface area contributed by atoms with E-state index in [2.05, 4.69) is 19.8 Å². The second-order valence-corrected chi connectivity index (χ2v) is 6.75. The third-order valence-corrected chi connectivity index (χ3v) is 5.25. The first-order valence-corrected chi connectivity index (χ1v) is 8.20. The van der Waals surface area contributed by atoms with Gasteiger partial charge in [-0.3, -0.25) is 0 Å². The van der Waals surface area contributed by atoms with Gasteiger partial charge in [-0.15, -0.1) is 0 Å². The van der Waals surface area contributed by atoms with Gasteiger partial charge >= 0.3 is 0 Å². The predicted molar refractivity (Wildman–Crippen MR) is 81.2 cm³/mol. The summed E-state index contributed by atoms with van der Waals surface area (Å²) in [5.74, 6) is 3.36. The summed E-state index contributed by atoms with van der Waals surface area (Å²) < 4.78 is 5.46. The van der Waals surface area contributed by atoms with E-state index in [0.717, 1.165) is 50.0 Å². The van der Waals surface area contributed by atoms with Crippen molar-refractivity contribution in [1.29, 1.82) is 0 Å². The zero-order valence-corrected chi connectivity index (χ0v) is 12.5. The van der Waals surface area contributed by atoms with Crippen molar-refractivity contribution in [3.8, 4) is 0 Å². The minimum atomic E-state index is 0.800. The summed E-state index contributed by atoms with van der Waals surface area (Å²) in [6.07, 6.45) is 6.17. The second kappa shape index (κ2) is 5.89. The minimum Gasteiger partial charge on any atom is -0.381 e. The summed E-state index contributed by atoms with van der Waals surface area (Å²) in [5.41, 5.74) is 0. The van der Waals surface area contributed by atoms with Gasteiger partial charge in [-0.05, 0) is 36.7 Å². The minimum absolute atomic E-state index is 0.800. The van der Waals surface area contributed by atoms with Gasteiger partial charge in [0.1, 0.15) is 0 Å². The van der Waals surface area contributed by atoms with Crippen molar-refractivity contribution < 1.29 is 4.74 Å². The van der Waals surface area contributed by atoms with Crippen LogP contribution in [-0.2, 0) is 4.74 Å². The van der Waals surface area contributed by atoms with Gasteiger partial charge in [-0.2, -0.15) is 0 Å². The highest BCUT2D eigenvalue weighted by Gasteiger charge is 2.41. The molecule has 0 bridgehead atoms. The lowest BCUT2D eigenvalue weighted by molar-refractivity contribution is 0.0547. The number of aromatic nitrogens is 2. The Bertz CT molecular complexity index is 449. The fraction of sp³-hybridized carbons (Fsp3) is 0.750. The lowest BCUT2D eigenvalue weighted by Crippen LogP contribution is -2.34. The Morgan fingerprint density at radius 2 is 1.67 bits per heavy atom. The highest BCUT2D eigenvalue weighted by Crippen LogP contribution is 2.33. The molecular weight excluding hydrogens is 264 g/mol. The first kappa shape index (κ1) is 13.5. The quantitative estimate of drug-likeness (QED) is 0.838. The molecule has 114 valence electrons. The number of ether oxygens (including phenoxy) is 1. The van der Waals surface area contributed by atoms with Gasteiger partial charge in [-0.25, -0.2) is 9.97 Å². The molecule has 5 heteroatoms. The Hall–Kier alpha value is -1.20. The molecule has 0 N–H and O–H groups in total. The molecule has 0 unspecified atom stereocenters. The van der Waals surface area contributed by atoms with Crippen LogP contribution in [-0.4, -0.2) is 60.8 Å². The maximum Gasteiger partial charge on any atom is 0.225 e. The summed E-state index contributed by atoms with van der Waals surface area (Å²) in [5, 5.41) is 0. The van der Waals surface area contributed by atoms with E-state index in [1.807, 2.05) is 18.5 Å². The molecule has 0 aromatic carbocycles. The van der Waals surface area contributed by atoms with Crippen molar-refractivity contribution in [3.63, 3.8) is 0 Å². The molecule has 21 heavy (non-hydrogen) atoms. The maximum absolute atomic E-state index is 5.46. The SMILES string of the molecule is c1cnc(N2C[C@@H]3CN(CC4CCOCC4)C[C@H]3C2)nc1. The van der Waals surface area contributed by atoms with Crippen molar-refractivity contribution in [2.45, 2.75) is 12.8 Å². The van der Waals surface area contributed by atoms with Crippen LogP contribution in [0.1, 0.15) is 12.8 Å². The third kappa shape index (κ3) is 2.90. The summed E-state index contributed by atoms with van der Waals surface area (Å²) in [6.45, 7) is 7.96. The highest BCUT2D eigenvalue weighted by molar-refractivity contribution is 5.31. The molecule has 5 nitrogen and oxygen atoms in total. The van der Waals surface area contributed by atoms with Gasteiger partial charge in [0.2, 0.25) is 5.95 Å². The van der Waals surface area contributed by atoms with Gasteiger partial charge < -0.3 is 14.5 Å². The molecule has 4 rings (SSSR count). The molecule has 0 spiro atoms. The molecule has 0 amide bonds. The molecule has 0 radical (unpaired) electrons. The van der Waals surface area contributed by atoms with Crippen molar-refractivity contribution in [2.75, 3.05) is 50.8 Å². The van der Waals surface area contributed by atoms with Gasteiger partial charge in [-0.1, -0.05) is 0 Å². The first-order chi connectivity index (χ1) is 10.4. The molecule has 1 aromatic heterocycles. The van der Waals surface area contributed by atoms with Gasteiger partial charge in [0.15, 0.2) is 0 Å². The lowest BCUT2D eigenvalue weighted by Gasteiger charge is -2.28. The number of fused-ring (bicyclic) bond motifs is 1. The molecule has 3 fully saturated rings. The standard InChI is InChI=1S/C16H24N4O/c1-4-17-16(18-5-1)20-11-14-9-19(10-15(14)12-20)8-13-2-6-21-7-3-13/h1,4-5,13-15H,2-3,6-12H2/t14-,15-/m0/s1. The fourth-order valence-corrected chi connectivity index (χ4v) is 4.15. The van der Waals surface area contributed by atoms with Crippen molar-refractivity contribution in [2.24, 2.45) is 17.8 Å². The van der Waals surface area contributed by atoms with Crippen LogP contribution in [0.15, 0.2) is 18.5 Å². The number of hydrogen-bond acceptors (Lipinski definition) is 5. The lowest BCUT2D eigenvalue weighted by atomic mass is 10.00. The fourth-order valence-electron chi connectivity index (χ4n) is 4.15. The number of rotatable bonds is 3. The number of anilines is 1. The number of likely N-dealkylation sites (tertiary alicyclic amines) is 1. The Balaban J connectivity index is 1.31. The molecule has 3 saturated heterocycles. The molecule has 4 heterocycles. The van der Waals surface area contributed by atoms with Crippen LogP contribution in [0.4, 0.5) is 5.95 Å². The molecule has 3 aliphatic heterocycles. The molecule has 3 aliphatic rings. The Labute approximate surface area is 126 Å². The molecule has 0 aliphatic carbocycles. The van der Waals surface area contributed by atoms with Crippen molar-refractivity contribution in [1.82, 2.24) is 14.9 Å². The van der Waals surface area contributed by atoms with E-state index in [0.29, 0.717) is 0 Å². The highest BCUT2D eigenvalue weighted by atomic mass is 16.5. The van der Waals surface area contributed by atoms with E-state index in [4.69, 9.17) is 4.74 Å². The molecule has 0 saturated carbocycles. The molecular formula is C16H24N4O. The molecule has 1 aromatic rings. The average molecular weight is 288 g/mol. The topological polar surface area (TPSA) is 41.5 Å². The monoisotopic (exact) mass is 288 g/mol. The summed E-state index contributed by atoms with van der Waals surface area (Å²) >= 11 is 0. The third-order valence-electron chi connectivity index (χ3n) is 5.25. The second-order valence-electron chi connectivity index (χ2n) is 6.75. The first-order valence-electron chi connectivity index (χ1n) is 8.20. The van der Waals surface area contributed by atoms with Crippen LogP contribution in [0, 0.1) is 17.8 Å². The summed E-state index contributed by atoms with van der Waals surface area (Å²) in [4.78, 5) is 13.8. The van der Waals surface area contributed by atoms with Crippen molar-refractivity contribution in [3.05, 3.63) is 18.5 Å². The Morgan fingerprint density at radius 1 is 1.00 bits per heavy atom. The van der Waals surface area contributed by atoms with Crippen LogP contribution in [0.5, 0.6) is 0 Å². The maximum atomic E-state index is 5.46. The number of nitrogens with zero attached hydrogens (tertiary/aromatic N) is 4. The van der Waals surface area contributed by atoms with Crippen LogP contribution in [0.2, 0.25) is 0 Å². The Kier molecular flexibility index (Phi) is 3.78. The van der Waals surface area contributed by atoms with E-state index in [1.165, 1.54) is 32.5 Å². The van der Waals surface area contributed by atoms with Crippen LogP contribution in [0.25, 0.3) is 0 Å². The zero-order valence-electron chi connectivity index (χ0n) is 12.5. The Morgan fingerprint density at radius 3 is 2.33 bits per heavy atom. The van der Waals surface area contributed by atoms with Crippen molar-refractivity contribution >= 4 is 5.95 Å². The van der Waals surface area contributed by atoms with Crippen LogP contribution >= 0.6 is 0 Å². The van der Waals surface area contributed by atoms with Crippen LogP contribution < -0.4 is 4.90 Å². The van der Waals surface area contributed by atoms with Gasteiger partial charge in [0, 0.05) is 58.3 Å². The number of hydrogen-bond donors (Lipinski definition) is 0. The van der Waals surface area contributed by atoms with E-state index < -0.39 is 0 Å². The van der Waals surface area contributed by atoms with E-state index >= 15 is 0 Å². The zero-order chi connectivity index (χ0) is 14.1. The summed E-state index contributed by atoms with van der Waals surface area (Å²) in [7, 11) is 0. The summed E-state index contributed by atoms with van der Waals surface area (Å²) in [6, 6.07) is 1.88. The largest absolute Gasteiger partial charge is 0.381 e. The molecule has 2 atom stereocenters. The van der Waals surface area contributed by atoms with E-state index in [-0.39, 0.29) is 0 Å². The van der Waals surface area contributed by atoms with Gasteiger partial charge in [0.05, 0.1) is 0 Å². The predicted octanol–water partition coefficient (Wildman–Crippen LogP) is 1.27. The van der Waals surface area contributed by atoms with E-state index in [9.17, 15) is 0 Å². The van der Waals surface area contributed by atoms with Crippen LogP contribution in [0.3, 0.4) is 0 Å². The van der Waals surface area contributed by atoms with Gasteiger partial charge in [0.25, 0.3) is 0 Å². The van der Waals surface area contributed by atoms with E-state index in [1.54, 1.807) is 0 Å². The normalized spacial score (nSPS) is 30.8.